The van der Waals surface area contributed by atoms with Gasteiger partial charge in [0.15, 0.2) is 0 Å². The highest BCUT2D eigenvalue weighted by molar-refractivity contribution is 7.17. The molecule has 1 aliphatic carbocycles. The fraction of sp³-hybridized carbons (Fsp3) is 0.500. The van der Waals surface area contributed by atoms with E-state index in [2.05, 4.69) is 5.32 Å². The highest BCUT2D eigenvalue weighted by atomic mass is 32.1. The van der Waals surface area contributed by atoms with Gasteiger partial charge in [0, 0.05) is 11.3 Å². The van der Waals surface area contributed by atoms with E-state index in [1.54, 1.807) is 0 Å². The largest absolute Gasteiger partial charge is 0.365 e. The van der Waals surface area contributed by atoms with Crippen molar-refractivity contribution in [2.24, 2.45) is 5.73 Å². The summed E-state index contributed by atoms with van der Waals surface area (Å²) < 4.78 is 0. The fourth-order valence-electron chi connectivity index (χ4n) is 2.17. The quantitative estimate of drug-likeness (QED) is 0.861. The summed E-state index contributed by atoms with van der Waals surface area (Å²) in [6, 6.07) is 0. The average molecular weight is 252 g/mol. The number of nitrogens with two attached hydrogens (primary N) is 1. The Bertz CT molecular complexity index is 465. The minimum absolute atomic E-state index is 0.0464. The third-order valence-electron chi connectivity index (χ3n) is 2.90. The maximum Gasteiger partial charge on any atom is 0.251 e. The van der Waals surface area contributed by atoms with E-state index in [-0.39, 0.29) is 5.91 Å². The smallest absolute Gasteiger partial charge is 0.251 e. The average Bonchev–Trinajstić information content (AvgIpc) is 2.76. The molecule has 0 aromatic carbocycles. The highest BCUT2D eigenvalue weighted by Crippen LogP contribution is 2.38. The molecule has 0 spiro atoms. The molecular weight excluding hydrogens is 236 g/mol. The molecule has 17 heavy (non-hydrogen) atoms. The van der Waals surface area contributed by atoms with Crippen LogP contribution in [0.5, 0.6) is 0 Å². The van der Waals surface area contributed by atoms with E-state index in [0.717, 1.165) is 31.2 Å². The van der Waals surface area contributed by atoms with Crippen LogP contribution in [0.25, 0.3) is 0 Å². The molecule has 0 saturated carbocycles. The molecule has 2 amide bonds. The summed E-state index contributed by atoms with van der Waals surface area (Å²) in [7, 11) is 0. The second-order valence-corrected chi connectivity index (χ2v) is 5.33. The Kier molecular flexibility index (Phi) is 3.47. The van der Waals surface area contributed by atoms with Gasteiger partial charge in [-0.1, -0.05) is 6.92 Å². The van der Waals surface area contributed by atoms with Gasteiger partial charge in [0.2, 0.25) is 5.91 Å². The van der Waals surface area contributed by atoms with Crippen molar-refractivity contribution in [3.05, 3.63) is 16.0 Å². The monoisotopic (exact) mass is 252 g/mol. The van der Waals surface area contributed by atoms with Crippen LogP contribution in [0.1, 0.15) is 47.0 Å². The van der Waals surface area contributed by atoms with Crippen molar-refractivity contribution in [3.8, 4) is 0 Å². The summed E-state index contributed by atoms with van der Waals surface area (Å²) in [6.07, 6.45) is 4.23. The van der Waals surface area contributed by atoms with E-state index in [1.165, 1.54) is 16.2 Å². The van der Waals surface area contributed by atoms with Gasteiger partial charge in [0.05, 0.1) is 5.56 Å². The number of amides is 2. The van der Waals surface area contributed by atoms with Crippen molar-refractivity contribution < 1.29 is 9.59 Å². The normalized spacial score (nSPS) is 13.5. The van der Waals surface area contributed by atoms with Crippen LogP contribution < -0.4 is 11.1 Å². The van der Waals surface area contributed by atoms with Crippen LogP contribution in [0, 0.1) is 0 Å². The highest BCUT2D eigenvalue weighted by Gasteiger charge is 2.25. The summed E-state index contributed by atoms with van der Waals surface area (Å²) in [5.41, 5.74) is 6.98. The van der Waals surface area contributed by atoms with Crippen molar-refractivity contribution in [2.75, 3.05) is 5.32 Å². The second kappa shape index (κ2) is 4.87. The summed E-state index contributed by atoms with van der Waals surface area (Å²) in [5, 5.41) is 3.44. The van der Waals surface area contributed by atoms with Gasteiger partial charge < -0.3 is 11.1 Å². The molecule has 0 fully saturated rings. The topological polar surface area (TPSA) is 72.2 Å². The number of aryl methyl sites for hydroxylation is 1. The standard InChI is InChI=1S/C12H16N2O2S/c1-2-4-9(15)14-12-10(11(13)16)7-5-3-6-8(7)17-12/h2-6H2,1H3,(H2,13,16)(H,14,15). The second-order valence-electron chi connectivity index (χ2n) is 4.22. The molecule has 0 bridgehead atoms. The van der Waals surface area contributed by atoms with Gasteiger partial charge in [-0.25, -0.2) is 0 Å². The molecule has 2 rings (SSSR count). The molecule has 1 aromatic rings. The van der Waals surface area contributed by atoms with Crippen molar-refractivity contribution in [1.29, 1.82) is 0 Å². The molecule has 92 valence electrons. The molecule has 3 N–H and O–H groups in total. The Labute approximate surface area is 104 Å². The minimum Gasteiger partial charge on any atom is -0.365 e. The molecule has 0 unspecified atom stereocenters. The van der Waals surface area contributed by atoms with Crippen LogP contribution in [0.2, 0.25) is 0 Å². The van der Waals surface area contributed by atoms with Crippen LogP contribution in [-0.2, 0) is 17.6 Å². The van der Waals surface area contributed by atoms with E-state index in [9.17, 15) is 9.59 Å². The molecule has 1 aromatic heterocycles. The number of thiophene rings is 1. The molecule has 0 saturated heterocycles. The summed E-state index contributed by atoms with van der Waals surface area (Å²) in [5.74, 6) is -0.480. The fourth-order valence-corrected chi connectivity index (χ4v) is 3.48. The number of carbonyl (C=O) groups excluding carboxylic acids is 2. The van der Waals surface area contributed by atoms with Crippen LogP contribution in [-0.4, -0.2) is 11.8 Å². The Balaban J connectivity index is 2.28. The Morgan fingerprint density at radius 3 is 2.82 bits per heavy atom. The van der Waals surface area contributed by atoms with Crippen molar-refractivity contribution in [2.45, 2.75) is 39.0 Å². The number of hydrogen-bond donors (Lipinski definition) is 2. The molecule has 0 radical (unpaired) electrons. The third kappa shape index (κ3) is 2.34. The number of anilines is 1. The Morgan fingerprint density at radius 2 is 2.18 bits per heavy atom. The maximum absolute atomic E-state index is 11.6. The minimum atomic E-state index is -0.434. The van der Waals surface area contributed by atoms with E-state index in [1.807, 2.05) is 6.92 Å². The first-order valence-electron chi connectivity index (χ1n) is 5.87. The first-order valence-corrected chi connectivity index (χ1v) is 6.69. The van der Waals surface area contributed by atoms with Crippen LogP contribution in [0.3, 0.4) is 0 Å². The molecule has 0 aliphatic heterocycles. The SMILES string of the molecule is CCCC(=O)Nc1sc2c(c1C(N)=O)CCC2. The number of hydrogen-bond acceptors (Lipinski definition) is 3. The Hall–Kier alpha value is -1.36. The van der Waals surface area contributed by atoms with Gasteiger partial charge >= 0.3 is 0 Å². The van der Waals surface area contributed by atoms with Gasteiger partial charge in [-0.05, 0) is 31.2 Å². The zero-order valence-corrected chi connectivity index (χ0v) is 10.7. The third-order valence-corrected chi connectivity index (χ3v) is 4.10. The van der Waals surface area contributed by atoms with E-state index in [0.29, 0.717) is 17.0 Å². The number of nitrogens with one attached hydrogen (secondary N) is 1. The van der Waals surface area contributed by atoms with Crippen molar-refractivity contribution in [1.82, 2.24) is 0 Å². The van der Waals surface area contributed by atoms with Gasteiger partial charge in [0.25, 0.3) is 5.91 Å². The number of primary amides is 1. The lowest BCUT2D eigenvalue weighted by atomic mass is 10.1. The number of fused-ring (bicyclic) bond motifs is 1. The predicted octanol–water partition coefficient (Wildman–Crippen LogP) is 2.07. The van der Waals surface area contributed by atoms with Gasteiger partial charge in [-0.15, -0.1) is 11.3 Å². The van der Waals surface area contributed by atoms with Crippen LogP contribution in [0.4, 0.5) is 5.00 Å². The summed E-state index contributed by atoms with van der Waals surface area (Å²) in [4.78, 5) is 24.2. The lowest BCUT2D eigenvalue weighted by molar-refractivity contribution is -0.116. The van der Waals surface area contributed by atoms with Gasteiger partial charge in [0.1, 0.15) is 5.00 Å². The molecular formula is C12H16N2O2S. The summed E-state index contributed by atoms with van der Waals surface area (Å²) >= 11 is 1.50. The molecule has 0 atom stereocenters. The number of rotatable bonds is 4. The molecule has 1 aliphatic rings. The molecule has 4 nitrogen and oxygen atoms in total. The first kappa shape index (κ1) is 12.1. The first-order chi connectivity index (χ1) is 8.13. The molecule has 1 heterocycles. The van der Waals surface area contributed by atoms with Crippen LogP contribution in [0.15, 0.2) is 0 Å². The van der Waals surface area contributed by atoms with Crippen molar-refractivity contribution >= 4 is 28.2 Å². The van der Waals surface area contributed by atoms with Gasteiger partial charge in [-0.2, -0.15) is 0 Å². The van der Waals surface area contributed by atoms with E-state index in [4.69, 9.17) is 5.73 Å². The Morgan fingerprint density at radius 1 is 1.41 bits per heavy atom. The lowest BCUT2D eigenvalue weighted by Gasteiger charge is -2.04. The van der Waals surface area contributed by atoms with E-state index >= 15 is 0 Å². The maximum atomic E-state index is 11.6. The van der Waals surface area contributed by atoms with E-state index < -0.39 is 5.91 Å². The summed E-state index contributed by atoms with van der Waals surface area (Å²) in [6.45, 7) is 1.95. The van der Waals surface area contributed by atoms with Crippen molar-refractivity contribution in [3.63, 3.8) is 0 Å². The van der Waals surface area contributed by atoms with Gasteiger partial charge in [-0.3, -0.25) is 9.59 Å². The van der Waals surface area contributed by atoms with Crippen LogP contribution >= 0.6 is 11.3 Å². The predicted molar refractivity (Wildman–Crippen MR) is 68.4 cm³/mol. The lowest BCUT2D eigenvalue weighted by Crippen LogP contribution is -2.17. The number of carbonyl (C=O) groups is 2. The molecule has 5 heteroatoms. The zero-order valence-electron chi connectivity index (χ0n) is 9.84. The zero-order chi connectivity index (χ0) is 12.4.